The minimum atomic E-state index is -0.567. The SMILES string of the molecule is CCc1ccc(C(=O)NNC(=O)c2csc(-c3ccccc3F)n2)cc1. The van der Waals surface area contributed by atoms with Crippen LogP contribution in [0.1, 0.15) is 33.3 Å². The largest absolute Gasteiger partial charge is 0.289 e. The first kappa shape index (κ1) is 17.8. The lowest BCUT2D eigenvalue weighted by atomic mass is 10.1. The van der Waals surface area contributed by atoms with Crippen molar-refractivity contribution in [2.75, 3.05) is 0 Å². The van der Waals surface area contributed by atoms with Gasteiger partial charge in [-0.3, -0.25) is 20.4 Å². The van der Waals surface area contributed by atoms with Gasteiger partial charge in [-0.25, -0.2) is 9.37 Å². The van der Waals surface area contributed by atoms with Crippen LogP contribution in [0.5, 0.6) is 0 Å². The summed E-state index contributed by atoms with van der Waals surface area (Å²) in [5.41, 5.74) is 6.66. The van der Waals surface area contributed by atoms with E-state index in [9.17, 15) is 14.0 Å². The Hall–Kier alpha value is -3.06. The molecule has 0 atom stereocenters. The predicted molar refractivity (Wildman–Crippen MR) is 98.3 cm³/mol. The Morgan fingerprint density at radius 2 is 1.73 bits per heavy atom. The topological polar surface area (TPSA) is 71.1 Å². The molecular weight excluding hydrogens is 353 g/mol. The second kappa shape index (κ2) is 7.88. The number of hydrazine groups is 1. The Morgan fingerprint density at radius 3 is 2.42 bits per heavy atom. The zero-order valence-electron chi connectivity index (χ0n) is 14.0. The number of nitrogens with one attached hydrogen (secondary N) is 2. The number of carbonyl (C=O) groups is 2. The smallest absolute Gasteiger partial charge is 0.267 e. The molecule has 2 N–H and O–H groups in total. The van der Waals surface area contributed by atoms with E-state index in [1.54, 1.807) is 30.3 Å². The van der Waals surface area contributed by atoms with Gasteiger partial charge < -0.3 is 0 Å². The number of nitrogens with zero attached hydrogens (tertiary/aromatic N) is 1. The summed E-state index contributed by atoms with van der Waals surface area (Å²) in [5.74, 6) is -1.40. The summed E-state index contributed by atoms with van der Waals surface area (Å²) >= 11 is 1.16. The van der Waals surface area contributed by atoms with Crippen LogP contribution in [0.3, 0.4) is 0 Å². The fraction of sp³-hybridized carbons (Fsp3) is 0.105. The number of aromatic nitrogens is 1. The van der Waals surface area contributed by atoms with E-state index < -0.39 is 17.6 Å². The molecule has 0 aliphatic rings. The molecule has 3 aromatic rings. The van der Waals surface area contributed by atoms with E-state index in [1.165, 1.54) is 11.4 Å². The molecule has 0 saturated heterocycles. The van der Waals surface area contributed by atoms with Crippen LogP contribution in [0.4, 0.5) is 4.39 Å². The monoisotopic (exact) mass is 369 g/mol. The van der Waals surface area contributed by atoms with Gasteiger partial charge in [0.1, 0.15) is 16.5 Å². The third-order valence-electron chi connectivity index (χ3n) is 3.76. The summed E-state index contributed by atoms with van der Waals surface area (Å²) in [6, 6.07) is 13.3. The molecule has 3 rings (SSSR count). The standard InChI is InChI=1S/C19H16FN3O2S/c1-2-12-7-9-13(10-8-12)17(24)22-23-18(25)16-11-26-19(21-16)14-5-3-4-6-15(14)20/h3-11H,2H2,1H3,(H,22,24)(H,23,25). The van der Waals surface area contributed by atoms with Crippen molar-refractivity contribution in [1.82, 2.24) is 15.8 Å². The predicted octanol–water partition coefficient (Wildman–Crippen LogP) is 3.59. The molecule has 0 bridgehead atoms. The van der Waals surface area contributed by atoms with Crippen molar-refractivity contribution in [3.8, 4) is 10.6 Å². The van der Waals surface area contributed by atoms with Gasteiger partial charge in [0.2, 0.25) is 0 Å². The van der Waals surface area contributed by atoms with Crippen molar-refractivity contribution < 1.29 is 14.0 Å². The van der Waals surface area contributed by atoms with Gasteiger partial charge in [0, 0.05) is 16.5 Å². The first-order valence-electron chi connectivity index (χ1n) is 7.98. The molecule has 0 aliphatic heterocycles. The highest BCUT2D eigenvalue weighted by Gasteiger charge is 2.15. The van der Waals surface area contributed by atoms with E-state index in [0.717, 1.165) is 23.3 Å². The maximum absolute atomic E-state index is 13.8. The van der Waals surface area contributed by atoms with Gasteiger partial charge >= 0.3 is 0 Å². The quantitative estimate of drug-likeness (QED) is 0.691. The lowest BCUT2D eigenvalue weighted by Gasteiger charge is -2.06. The van der Waals surface area contributed by atoms with Gasteiger partial charge in [0.05, 0.1) is 0 Å². The average molecular weight is 369 g/mol. The van der Waals surface area contributed by atoms with E-state index in [2.05, 4.69) is 15.8 Å². The molecule has 1 aromatic heterocycles. The summed E-state index contributed by atoms with van der Waals surface area (Å²) in [6.07, 6.45) is 0.882. The maximum atomic E-state index is 13.8. The van der Waals surface area contributed by atoms with Gasteiger partial charge in [-0.2, -0.15) is 0 Å². The van der Waals surface area contributed by atoms with E-state index in [-0.39, 0.29) is 5.69 Å². The van der Waals surface area contributed by atoms with E-state index in [4.69, 9.17) is 0 Å². The molecule has 0 fully saturated rings. The molecule has 0 unspecified atom stereocenters. The second-order valence-electron chi connectivity index (χ2n) is 5.48. The second-order valence-corrected chi connectivity index (χ2v) is 6.33. The van der Waals surface area contributed by atoms with E-state index in [1.807, 2.05) is 19.1 Å². The van der Waals surface area contributed by atoms with Crippen molar-refractivity contribution in [3.63, 3.8) is 0 Å². The minimum Gasteiger partial charge on any atom is -0.267 e. The summed E-state index contributed by atoms with van der Waals surface area (Å²) in [5, 5.41) is 1.91. The lowest BCUT2D eigenvalue weighted by Crippen LogP contribution is -2.41. The van der Waals surface area contributed by atoms with Crippen molar-refractivity contribution in [2.45, 2.75) is 13.3 Å². The molecule has 0 saturated carbocycles. The number of thiazole rings is 1. The first-order chi connectivity index (χ1) is 12.6. The molecule has 0 spiro atoms. The van der Waals surface area contributed by atoms with Crippen LogP contribution in [0.15, 0.2) is 53.9 Å². The average Bonchev–Trinajstić information content (AvgIpc) is 3.16. The number of halogens is 1. The highest BCUT2D eigenvalue weighted by atomic mass is 32.1. The lowest BCUT2D eigenvalue weighted by molar-refractivity contribution is 0.0844. The van der Waals surface area contributed by atoms with Crippen LogP contribution in [0.2, 0.25) is 0 Å². The van der Waals surface area contributed by atoms with Gasteiger partial charge in [0.15, 0.2) is 0 Å². The molecule has 7 heteroatoms. The fourth-order valence-corrected chi connectivity index (χ4v) is 3.10. The number of hydrogen-bond donors (Lipinski definition) is 2. The van der Waals surface area contributed by atoms with Gasteiger partial charge in [0.25, 0.3) is 11.8 Å². The van der Waals surface area contributed by atoms with E-state index >= 15 is 0 Å². The van der Waals surface area contributed by atoms with Gasteiger partial charge in [-0.1, -0.05) is 31.2 Å². The van der Waals surface area contributed by atoms with Gasteiger partial charge in [-0.05, 0) is 36.2 Å². The number of carbonyl (C=O) groups excluding carboxylic acids is 2. The summed E-state index contributed by atoms with van der Waals surface area (Å²) < 4.78 is 13.8. The Balaban J connectivity index is 1.63. The fourth-order valence-electron chi connectivity index (χ4n) is 2.28. The van der Waals surface area contributed by atoms with Crippen LogP contribution in [-0.2, 0) is 6.42 Å². The molecule has 1 heterocycles. The molecule has 0 aliphatic carbocycles. The third-order valence-corrected chi connectivity index (χ3v) is 4.63. The minimum absolute atomic E-state index is 0.106. The van der Waals surface area contributed by atoms with Crippen LogP contribution >= 0.6 is 11.3 Å². The molecule has 5 nitrogen and oxygen atoms in total. The highest BCUT2D eigenvalue weighted by molar-refractivity contribution is 7.13. The molecule has 2 amide bonds. The maximum Gasteiger partial charge on any atom is 0.289 e. The molecule has 0 radical (unpaired) electrons. The van der Waals surface area contributed by atoms with Crippen molar-refractivity contribution in [1.29, 1.82) is 0 Å². The van der Waals surface area contributed by atoms with Crippen molar-refractivity contribution in [3.05, 3.63) is 76.5 Å². The Labute approximate surface area is 153 Å². The Bertz CT molecular complexity index is 938. The van der Waals surface area contributed by atoms with Crippen molar-refractivity contribution >= 4 is 23.2 Å². The normalized spacial score (nSPS) is 10.4. The number of rotatable bonds is 4. The van der Waals surface area contributed by atoms with Crippen LogP contribution < -0.4 is 10.9 Å². The Morgan fingerprint density at radius 1 is 1.04 bits per heavy atom. The highest BCUT2D eigenvalue weighted by Crippen LogP contribution is 2.25. The molecule has 2 aromatic carbocycles. The number of aryl methyl sites for hydroxylation is 1. The third kappa shape index (κ3) is 3.94. The zero-order chi connectivity index (χ0) is 18.5. The molecule has 26 heavy (non-hydrogen) atoms. The van der Waals surface area contributed by atoms with Crippen LogP contribution in [-0.4, -0.2) is 16.8 Å². The molecule has 132 valence electrons. The summed E-state index contributed by atoms with van der Waals surface area (Å²) in [4.78, 5) is 28.3. The number of amides is 2. The van der Waals surface area contributed by atoms with Crippen LogP contribution in [0, 0.1) is 5.82 Å². The van der Waals surface area contributed by atoms with Crippen LogP contribution in [0.25, 0.3) is 10.6 Å². The summed E-state index contributed by atoms with van der Waals surface area (Å²) in [7, 11) is 0. The summed E-state index contributed by atoms with van der Waals surface area (Å²) in [6.45, 7) is 2.03. The zero-order valence-corrected chi connectivity index (χ0v) is 14.8. The molecular formula is C19H16FN3O2S. The number of benzene rings is 2. The van der Waals surface area contributed by atoms with Crippen molar-refractivity contribution in [2.24, 2.45) is 0 Å². The Kier molecular flexibility index (Phi) is 5.38. The first-order valence-corrected chi connectivity index (χ1v) is 8.86. The van der Waals surface area contributed by atoms with Gasteiger partial charge in [-0.15, -0.1) is 11.3 Å². The van der Waals surface area contributed by atoms with E-state index in [0.29, 0.717) is 16.1 Å². The number of hydrogen-bond acceptors (Lipinski definition) is 4.